The first-order valence-corrected chi connectivity index (χ1v) is 9.28. The van der Waals surface area contributed by atoms with Gasteiger partial charge in [0.1, 0.15) is 5.75 Å². The topological polar surface area (TPSA) is 67.8 Å². The molecule has 0 heterocycles. The van der Waals surface area contributed by atoms with Crippen molar-refractivity contribution in [3.8, 4) is 5.75 Å². The number of amides is 1. The number of hydrazone groups is 1. The number of hydrogen-bond donors (Lipinski definition) is 1. The van der Waals surface area contributed by atoms with Crippen LogP contribution in [0.3, 0.4) is 0 Å². The molecule has 0 saturated carbocycles. The molecule has 6 heteroatoms. The molecule has 0 aliphatic heterocycles. The first kappa shape index (κ1) is 19.5. The van der Waals surface area contributed by atoms with Crippen molar-refractivity contribution in [2.24, 2.45) is 5.10 Å². The van der Waals surface area contributed by atoms with Crippen molar-refractivity contribution in [3.05, 3.63) is 99.5 Å². The van der Waals surface area contributed by atoms with Crippen molar-refractivity contribution >= 4 is 34.0 Å². The molecular weight excluding hydrogens is 420 g/mol. The highest BCUT2D eigenvalue weighted by molar-refractivity contribution is 9.10. The summed E-state index contributed by atoms with van der Waals surface area (Å²) in [6.45, 7) is 1.95. The van der Waals surface area contributed by atoms with Crippen LogP contribution in [0.15, 0.2) is 82.4 Å². The minimum absolute atomic E-state index is 0.320. The molecule has 1 N–H and O–H groups in total. The standard InChI is InChI=1S/C22H17BrN2O3/c1-15-8-10-17(11-9-15)22(27)28-20-7-2-4-16(12-20)14-24-25-21(26)18-5-3-6-19(23)13-18/h2-14H,1H3,(H,25,26)/b24-14-. The Morgan fingerprint density at radius 2 is 1.71 bits per heavy atom. The Labute approximate surface area is 171 Å². The van der Waals surface area contributed by atoms with Crippen LogP contribution < -0.4 is 10.2 Å². The van der Waals surface area contributed by atoms with E-state index in [0.717, 1.165) is 10.0 Å². The lowest BCUT2D eigenvalue weighted by Gasteiger charge is -2.05. The summed E-state index contributed by atoms with van der Waals surface area (Å²) in [7, 11) is 0. The van der Waals surface area contributed by atoms with Crippen molar-refractivity contribution in [3.63, 3.8) is 0 Å². The number of esters is 1. The summed E-state index contributed by atoms with van der Waals surface area (Å²) in [6.07, 6.45) is 1.49. The maximum atomic E-state index is 12.2. The van der Waals surface area contributed by atoms with Gasteiger partial charge in [0.2, 0.25) is 0 Å². The third kappa shape index (κ3) is 5.37. The Balaban J connectivity index is 1.62. The fourth-order valence-corrected chi connectivity index (χ4v) is 2.77. The van der Waals surface area contributed by atoms with E-state index < -0.39 is 5.97 Å². The number of halogens is 1. The predicted octanol–water partition coefficient (Wildman–Crippen LogP) is 4.74. The van der Waals surface area contributed by atoms with Crippen molar-refractivity contribution < 1.29 is 14.3 Å². The summed E-state index contributed by atoms with van der Waals surface area (Å²) in [5.74, 6) is -0.357. The second-order valence-electron chi connectivity index (χ2n) is 6.04. The fraction of sp³-hybridized carbons (Fsp3) is 0.0455. The third-order valence-corrected chi connectivity index (χ3v) is 4.32. The summed E-state index contributed by atoms with van der Waals surface area (Å²) in [4.78, 5) is 24.3. The number of nitrogens with one attached hydrogen (secondary N) is 1. The van der Waals surface area contributed by atoms with Gasteiger partial charge in [-0.15, -0.1) is 0 Å². The van der Waals surface area contributed by atoms with Crippen molar-refractivity contribution in [1.82, 2.24) is 5.43 Å². The van der Waals surface area contributed by atoms with Crippen LogP contribution in [0, 0.1) is 6.92 Å². The van der Waals surface area contributed by atoms with Crippen LogP contribution in [0.1, 0.15) is 31.8 Å². The van der Waals surface area contributed by atoms with Gasteiger partial charge in [0.15, 0.2) is 0 Å². The van der Waals surface area contributed by atoms with E-state index in [9.17, 15) is 9.59 Å². The number of rotatable bonds is 5. The Morgan fingerprint density at radius 3 is 2.46 bits per heavy atom. The van der Waals surface area contributed by atoms with Gasteiger partial charge in [-0.3, -0.25) is 4.79 Å². The molecule has 5 nitrogen and oxygen atoms in total. The Hall–Kier alpha value is -3.25. The van der Waals surface area contributed by atoms with E-state index in [1.165, 1.54) is 6.21 Å². The summed E-state index contributed by atoms with van der Waals surface area (Å²) in [6, 6.07) is 21.1. The van der Waals surface area contributed by atoms with Gasteiger partial charge in [0.05, 0.1) is 11.8 Å². The molecule has 0 fully saturated rings. The second-order valence-corrected chi connectivity index (χ2v) is 6.95. The largest absolute Gasteiger partial charge is 0.423 e. The molecule has 0 aliphatic carbocycles. The number of carbonyl (C=O) groups excluding carboxylic acids is 2. The highest BCUT2D eigenvalue weighted by Crippen LogP contribution is 2.15. The molecule has 0 unspecified atom stereocenters. The molecule has 3 aromatic rings. The summed E-state index contributed by atoms with van der Waals surface area (Å²) in [5.41, 5.74) is 5.19. The second kappa shape index (κ2) is 9.10. The van der Waals surface area contributed by atoms with Crippen molar-refractivity contribution in [2.45, 2.75) is 6.92 Å². The summed E-state index contributed by atoms with van der Waals surface area (Å²) < 4.78 is 6.21. The Kier molecular flexibility index (Phi) is 6.34. The number of carbonyl (C=O) groups is 2. The molecule has 140 valence electrons. The number of benzene rings is 3. The lowest BCUT2D eigenvalue weighted by molar-refractivity contribution is 0.0734. The van der Waals surface area contributed by atoms with E-state index in [1.807, 2.05) is 25.1 Å². The van der Waals surface area contributed by atoms with Crippen molar-refractivity contribution in [1.29, 1.82) is 0 Å². The van der Waals surface area contributed by atoms with Gasteiger partial charge < -0.3 is 4.74 Å². The Bertz CT molecular complexity index is 1030. The molecule has 1 amide bonds. The van der Waals surface area contributed by atoms with E-state index in [-0.39, 0.29) is 5.91 Å². The third-order valence-electron chi connectivity index (χ3n) is 3.82. The van der Waals surface area contributed by atoms with Crippen LogP contribution in [-0.2, 0) is 0 Å². The van der Waals surface area contributed by atoms with Crippen molar-refractivity contribution in [2.75, 3.05) is 0 Å². The van der Waals surface area contributed by atoms with E-state index in [2.05, 4.69) is 26.5 Å². The number of aryl methyl sites for hydroxylation is 1. The SMILES string of the molecule is Cc1ccc(C(=O)Oc2cccc(/C=N\NC(=O)c3cccc(Br)c3)c2)cc1. The van der Waals surface area contributed by atoms with Gasteiger partial charge >= 0.3 is 5.97 Å². The van der Waals surface area contributed by atoms with E-state index in [4.69, 9.17) is 4.74 Å². The minimum Gasteiger partial charge on any atom is -0.423 e. The number of ether oxygens (including phenoxy) is 1. The molecule has 3 rings (SSSR count). The molecule has 3 aromatic carbocycles. The maximum Gasteiger partial charge on any atom is 0.343 e. The van der Waals surface area contributed by atoms with Gasteiger partial charge in [-0.25, -0.2) is 10.2 Å². The minimum atomic E-state index is -0.433. The average Bonchev–Trinajstić information content (AvgIpc) is 2.68. The molecule has 0 saturated heterocycles. The van der Waals surface area contributed by atoms with E-state index in [0.29, 0.717) is 22.4 Å². The molecule has 0 atom stereocenters. The van der Waals surface area contributed by atoms with Crippen LogP contribution in [-0.4, -0.2) is 18.1 Å². The lowest BCUT2D eigenvalue weighted by atomic mass is 10.1. The normalized spacial score (nSPS) is 10.6. The van der Waals surface area contributed by atoms with Gasteiger partial charge in [-0.05, 0) is 55.0 Å². The van der Waals surface area contributed by atoms with Gasteiger partial charge in [-0.2, -0.15) is 5.10 Å². The van der Waals surface area contributed by atoms with E-state index in [1.54, 1.807) is 54.6 Å². The molecule has 28 heavy (non-hydrogen) atoms. The lowest BCUT2D eigenvalue weighted by Crippen LogP contribution is -2.17. The first-order chi connectivity index (χ1) is 13.5. The zero-order valence-electron chi connectivity index (χ0n) is 15.1. The maximum absolute atomic E-state index is 12.2. The quantitative estimate of drug-likeness (QED) is 0.271. The average molecular weight is 437 g/mol. The highest BCUT2D eigenvalue weighted by Gasteiger charge is 2.08. The van der Waals surface area contributed by atoms with Crippen LogP contribution in [0.25, 0.3) is 0 Å². The number of nitrogens with zero attached hydrogens (tertiary/aromatic N) is 1. The molecule has 0 radical (unpaired) electrons. The van der Waals surface area contributed by atoms with Crippen LogP contribution >= 0.6 is 15.9 Å². The fourth-order valence-electron chi connectivity index (χ4n) is 2.37. The van der Waals surface area contributed by atoms with Crippen LogP contribution in [0.4, 0.5) is 0 Å². The molecule has 0 aliphatic rings. The predicted molar refractivity (Wildman–Crippen MR) is 112 cm³/mol. The zero-order valence-corrected chi connectivity index (χ0v) is 16.6. The summed E-state index contributed by atoms with van der Waals surface area (Å²) in [5, 5.41) is 3.96. The molecule has 0 aromatic heterocycles. The Morgan fingerprint density at radius 1 is 0.964 bits per heavy atom. The summed E-state index contributed by atoms with van der Waals surface area (Å²) >= 11 is 3.32. The van der Waals surface area contributed by atoms with Crippen LogP contribution in [0.2, 0.25) is 0 Å². The van der Waals surface area contributed by atoms with E-state index >= 15 is 0 Å². The molecule has 0 bridgehead atoms. The smallest absolute Gasteiger partial charge is 0.343 e. The first-order valence-electron chi connectivity index (χ1n) is 8.49. The van der Waals surface area contributed by atoms with Gasteiger partial charge in [-0.1, -0.05) is 51.8 Å². The van der Waals surface area contributed by atoms with Gasteiger partial charge in [0, 0.05) is 10.0 Å². The highest BCUT2D eigenvalue weighted by atomic mass is 79.9. The number of hydrogen-bond acceptors (Lipinski definition) is 4. The monoisotopic (exact) mass is 436 g/mol. The molecular formula is C22H17BrN2O3. The van der Waals surface area contributed by atoms with Gasteiger partial charge in [0.25, 0.3) is 5.91 Å². The van der Waals surface area contributed by atoms with Crippen LogP contribution in [0.5, 0.6) is 5.75 Å². The zero-order chi connectivity index (χ0) is 19.9. The molecule has 0 spiro atoms.